The summed E-state index contributed by atoms with van der Waals surface area (Å²) in [6.07, 6.45) is 14.5. The van der Waals surface area contributed by atoms with E-state index in [4.69, 9.17) is 19.7 Å². The molecule has 2 aromatic carbocycles. The van der Waals surface area contributed by atoms with E-state index in [0.29, 0.717) is 35.1 Å². The molecule has 1 saturated heterocycles. The van der Waals surface area contributed by atoms with Gasteiger partial charge in [-0.1, -0.05) is 32.0 Å². The second-order valence-electron chi connectivity index (χ2n) is 17.8. The molecule has 8 aromatic rings. The number of fused-ring (bicyclic) bond motifs is 2. The van der Waals surface area contributed by atoms with Crippen molar-refractivity contribution in [1.82, 2.24) is 48.7 Å². The molecule has 3 atom stereocenters. The highest BCUT2D eigenvalue weighted by atomic mass is 16.5. The summed E-state index contributed by atoms with van der Waals surface area (Å²) in [4.78, 5) is 47.4. The third-order valence-corrected chi connectivity index (χ3v) is 12.7. The molecule has 14 heteroatoms. The van der Waals surface area contributed by atoms with Crippen LogP contribution in [0.1, 0.15) is 85.6 Å². The highest BCUT2D eigenvalue weighted by Gasteiger charge is 2.32. The van der Waals surface area contributed by atoms with Crippen molar-refractivity contribution in [3.63, 3.8) is 0 Å². The number of nitrogens with zero attached hydrogens (tertiary/aromatic N) is 10. The van der Waals surface area contributed by atoms with E-state index in [1.54, 1.807) is 35.4 Å². The number of para-hydroxylation sites is 2. The molecule has 1 amide bonds. The number of benzene rings is 2. The SMILES string of the molecule is CC(C)Cn1/c(=N/C(OC2CCC(n3/c(=N/C(=O)c4ccnc(-c5cccnc5)c4)[nH]c4cc(C5CCN(C)CC5)ccc43)C2)c2ccnc(-c3cnn(C)c3)c2)[nH]c2ccccc21. The number of ether oxygens (including phenoxy) is 1. The van der Waals surface area contributed by atoms with Gasteiger partial charge in [0.15, 0.2) is 6.23 Å². The standard InChI is InChI=1S/C50H54N12O2/c1-32(2)30-61-45-10-6-5-9-41(45)55-49(61)58-48(36-16-21-53-43(26-36)38-29-54-60(4)31-38)64-40-13-12-39(27-40)62-46-14-11-34(33-17-22-59(3)23-18-33)24-44(46)56-50(62)57-47(63)35-15-20-52-42(25-35)37-8-7-19-51-28-37/h5-11,14-16,19-21,24-26,28-29,31-33,39-40,48H,12-13,17-18,22-23,27,30H2,1-4H3,(H,55,58)(H,56,57,63). The summed E-state index contributed by atoms with van der Waals surface area (Å²) in [6.45, 7) is 7.39. The minimum atomic E-state index is -0.634. The highest BCUT2D eigenvalue weighted by Crippen LogP contribution is 2.37. The van der Waals surface area contributed by atoms with Gasteiger partial charge in [-0.25, -0.2) is 4.99 Å². The van der Waals surface area contributed by atoms with Gasteiger partial charge < -0.3 is 28.7 Å². The summed E-state index contributed by atoms with van der Waals surface area (Å²) in [5.41, 5.74) is 11.3. The molecule has 3 unspecified atom stereocenters. The lowest BCUT2D eigenvalue weighted by Crippen LogP contribution is -2.29. The van der Waals surface area contributed by atoms with Gasteiger partial charge in [0.2, 0.25) is 11.2 Å². The van der Waals surface area contributed by atoms with Crippen molar-refractivity contribution in [3.05, 3.63) is 144 Å². The largest absolute Gasteiger partial charge is 0.349 e. The molecular weight excluding hydrogens is 801 g/mol. The second-order valence-corrected chi connectivity index (χ2v) is 17.8. The van der Waals surface area contributed by atoms with Crippen LogP contribution < -0.4 is 11.2 Å². The molecule has 1 aliphatic heterocycles. The number of likely N-dealkylation sites (tertiary alicyclic amines) is 1. The van der Waals surface area contributed by atoms with E-state index in [1.807, 2.05) is 49.9 Å². The first kappa shape index (κ1) is 41.3. The fraction of sp³-hybridized carbons (Fsp3) is 0.340. The van der Waals surface area contributed by atoms with Crippen molar-refractivity contribution in [1.29, 1.82) is 0 Å². The molecule has 2 N–H and O–H groups in total. The number of hydrogen-bond donors (Lipinski definition) is 2. The lowest BCUT2D eigenvalue weighted by atomic mass is 9.89. The van der Waals surface area contributed by atoms with Gasteiger partial charge in [0.1, 0.15) is 0 Å². The molecule has 1 aliphatic carbocycles. The van der Waals surface area contributed by atoms with E-state index in [2.05, 4.69) is 102 Å². The molecule has 14 nitrogen and oxygen atoms in total. The number of imidazole rings is 2. The van der Waals surface area contributed by atoms with Gasteiger partial charge in [0.05, 0.1) is 45.8 Å². The molecule has 0 bridgehead atoms. The predicted molar refractivity (Wildman–Crippen MR) is 247 cm³/mol. The maximum Gasteiger partial charge on any atom is 0.280 e. The molecule has 10 rings (SSSR count). The lowest BCUT2D eigenvalue weighted by molar-refractivity contribution is -0.00906. The Hall–Kier alpha value is -6.77. The van der Waals surface area contributed by atoms with Crippen LogP contribution in [0.15, 0.2) is 126 Å². The first-order valence-corrected chi connectivity index (χ1v) is 22.4. The van der Waals surface area contributed by atoms with E-state index in [0.717, 1.165) is 95.4 Å². The summed E-state index contributed by atoms with van der Waals surface area (Å²) in [7, 11) is 4.10. The fourth-order valence-electron chi connectivity index (χ4n) is 9.44. The number of nitrogens with one attached hydrogen (secondary N) is 2. The Morgan fingerprint density at radius 1 is 0.812 bits per heavy atom. The average molecular weight is 855 g/mol. The third kappa shape index (κ3) is 8.62. The van der Waals surface area contributed by atoms with Gasteiger partial charge in [-0.15, -0.1) is 0 Å². The smallest absolute Gasteiger partial charge is 0.280 e. The van der Waals surface area contributed by atoms with Crippen molar-refractivity contribution in [2.45, 2.75) is 76.8 Å². The Balaban J connectivity index is 1.02. The number of pyridine rings is 3. The Morgan fingerprint density at radius 3 is 2.42 bits per heavy atom. The van der Waals surface area contributed by atoms with E-state index >= 15 is 0 Å². The number of carbonyl (C=O) groups is 1. The Morgan fingerprint density at radius 2 is 1.62 bits per heavy atom. The van der Waals surface area contributed by atoms with Crippen LogP contribution in [0, 0.1) is 5.92 Å². The second kappa shape index (κ2) is 17.8. The van der Waals surface area contributed by atoms with E-state index < -0.39 is 6.23 Å². The number of aryl methyl sites for hydroxylation is 1. The van der Waals surface area contributed by atoms with Gasteiger partial charge in [-0.2, -0.15) is 10.1 Å². The van der Waals surface area contributed by atoms with Crippen molar-refractivity contribution in [3.8, 4) is 22.5 Å². The molecule has 7 heterocycles. The van der Waals surface area contributed by atoms with Crippen LogP contribution in [0.25, 0.3) is 44.6 Å². The lowest BCUT2D eigenvalue weighted by Gasteiger charge is -2.29. The van der Waals surface area contributed by atoms with Crippen LogP contribution in [0.2, 0.25) is 0 Å². The van der Waals surface area contributed by atoms with E-state index in [-0.39, 0.29) is 18.1 Å². The summed E-state index contributed by atoms with van der Waals surface area (Å²) in [5.74, 6) is 0.534. The van der Waals surface area contributed by atoms with Crippen LogP contribution in [0.5, 0.6) is 0 Å². The van der Waals surface area contributed by atoms with Crippen molar-refractivity contribution < 1.29 is 9.53 Å². The summed E-state index contributed by atoms with van der Waals surface area (Å²) >= 11 is 0. The summed E-state index contributed by atoms with van der Waals surface area (Å²) < 4.78 is 13.4. The van der Waals surface area contributed by atoms with Gasteiger partial charge >= 0.3 is 0 Å². The van der Waals surface area contributed by atoms with E-state index in [9.17, 15) is 4.79 Å². The number of amides is 1. The average Bonchev–Trinajstić information content (AvgIpc) is 4.12. The van der Waals surface area contributed by atoms with Crippen LogP contribution in [0.4, 0.5) is 0 Å². The summed E-state index contributed by atoms with van der Waals surface area (Å²) in [5, 5.41) is 4.40. The van der Waals surface area contributed by atoms with Gasteiger partial charge in [-0.05, 0) is 130 Å². The summed E-state index contributed by atoms with van der Waals surface area (Å²) in [6, 6.07) is 26.4. The zero-order valence-corrected chi connectivity index (χ0v) is 36.8. The first-order valence-electron chi connectivity index (χ1n) is 22.4. The zero-order valence-electron chi connectivity index (χ0n) is 36.8. The topological polar surface area (TPSA) is 152 Å². The number of carbonyl (C=O) groups excluding carboxylic acids is 1. The molecule has 2 aliphatic rings. The van der Waals surface area contributed by atoms with Crippen LogP contribution >= 0.6 is 0 Å². The third-order valence-electron chi connectivity index (χ3n) is 12.7. The Labute approximate surface area is 371 Å². The van der Waals surface area contributed by atoms with Crippen LogP contribution in [-0.2, 0) is 18.3 Å². The number of H-pyrrole nitrogens is 2. The Bertz CT molecular complexity index is 3070. The molecule has 0 spiro atoms. The zero-order chi connectivity index (χ0) is 43.7. The molecule has 326 valence electrons. The Kier molecular flexibility index (Phi) is 11.5. The number of piperidine rings is 1. The van der Waals surface area contributed by atoms with Crippen molar-refractivity contribution in [2.24, 2.45) is 23.0 Å². The quantitative estimate of drug-likeness (QED) is 0.133. The molecule has 1 saturated carbocycles. The molecule has 0 radical (unpaired) electrons. The molecule has 64 heavy (non-hydrogen) atoms. The van der Waals surface area contributed by atoms with Crippen LogP contribution in [0.3, 0.4) is 0 Å². The minimum absolute atomic E-state index is 0.00544. The van der Waals surface area contributed by atoms with Crippen molar-refractivity contribution in [2.75, 3.05) is 20.1 Å². The molecular formula is C50H54N12O2. The van der Waals surface area contributed by atoms with Gasteiger partial charge in [-0.3, -0.25) is 24.4 Å². The number of aromatic amines is 2. The number of rotatable bonds is 11. The van der Waals surface area contributed by atoms with Gasteiger partial charge in [0.25, 0.3) is 5.91 Å². The monoisotopic (exact) mass is 854 g/mol. The number of aromatic nitrogens is 9. The fourth-order valence-corrected chi connectivity index (χ4v) is 9.44. The molecule has 6 aromatic heterocycles. The predicted octanol–water partition coefficient (Wildman–Crippen LogP) is 8.12. The minimum Gasteiger partial charge on any atom is -0.349 e. The normalized spacial score (nSPS) is 18.5. The van der Waals surface area contributed by atoms with Crippen molar-refractivity contribution >= 4 is 28.0 Å². The maximum atomic E-state index is 14.1. The molecule has 2 fully saturated rings. The highest BCUT2D eigenvalue weighted by molar-refractivity contribution is 5.95. The van der Waals surface area contributed by atoms with Gasteiger partial charge in [0, 0.05) is 72.9 Å². The van der Waals surface area contributed by atoms with E-state index in [1.165, 1.54) is 5.56 Å². The number of hydrogen-bond acceptors (Lipinski definition) is 8. The maximum absolute atomic E-state index is 14.1. The first-order chi connectivity index (χ1) is 31.2. The van der Waals surface area contributed by atoms with Crippen LogP contribution in [-0.4, -0.2) is 80.9 Å².